The number of benzene rings is 1. The van der Waals surface area contributed by atoms with Crippen molar-refractivity contribution in [3.05, 3.63) is 23.0 Å². The number of rotatable bonds is 4. The molecule has 4 rings (SSSR count). The van der Waals surface area contributed by atoms with Crippen LogP contribution in [0, 0.1) is 4.84 Å². The van der Waals surface area contributed by atoms with Gasteiger partial charge in [-0.3, -0.25) is 4.90 Å². The average molecular weight is 347 g/mol. The molecule has 1 saturated carbocycles. The van der Waals surface area contributed by atoms with E-state index in [-0.39, 0.29) is 6.79 Å². The summed E-state index contributed by atoms with van der Waals surface area (Å²) in [6.07, 6.45) is 6.46. The standard InChI is InChI=1S/C17H21N3O3S/c1-19(13-5-3-2-4-6-13)10-20-17(24)23-16(18-20)12-7-8-14-15(9-12)22-11-21-14/h7-9,13H,2-6,10-11H2,1H3. The van der Waals surface area contributed by atoms with Crippen molar-refractivity contribution in [1.29, 1.82) is 0 Å². The van der Waals surface area contributed by atoms with Gasteiger partial charge in [-0.1, -0.05) is 19.3 Å². The maximum atomic E-state index is 5.69. The van der Waals surface area contributed by atoms with E-state index in [4.69, 9.17) is 26.1 Å². The molecule has 0 bridgehead atoms. The van der Waals surface area contributed by atoms with Gasteiger partial charge in [0.15, 0.2) is 11.5 Å². The van der Waals surface area contributed by atoms with Gasteiger partial charge >= 0.3 is 0 Å². The lowest BCUT2D eigenvalue weighted by molar-refractivity contribution is 0.144. The van der Waals surface area contributed by atoms with E-state index in [1.54, 1.807) is 4.68 Å². The summed E-state index contributed by atoms with van der Waals surface area (Å²) in [6, 6.07) is 6.25. The van der Waals surface area contributed by atoms with E-state index < -0.39 is 0 Å². The fourth-order valence-electron chi connectivity index (χ4n) is 3.39. The summed E-state index contributed by atoms with van der Waals surface area (Å²) in [5.41, 5.74) is 0.837. The Balaban J connectivity index is 1.53. The summed E-state index contributed by atoms with van der Waals surface area (Å²) in [5, 5.41) is 4.55. The van der Waals surface area contributed by atoms with E-state index in [0.29, 0.717) is 29.2 Å². The van der Waals surface area contributed by atoms with Crippen molar-refractivity contribution in [3.63, 3.8) is 0 Å². The molecular formula is C17H21N3O3S. The Morgan fingerprint density at radius 3 is 2.83 bits per heavy atom. The third-order valence-corrected chi connectivity index (χ3v) is 5.07. The smallest absolute Gasteiger partial charge is 0.288 e. The fraction of sp³-hybridized carbons (Fsp3) is 0.529. The van der Waals surface area contributed by atoms with Gasteiger partial charge in [0.1, 0.15) is 0 Å². The highest BCUT2D eigenvalue weighted by Crippen LogP contribution is 2.35. The molecule has 0 radical (unpaired) electrons. The van der Waals surface area contributed by atoms with Gasteiger partial charge in [0.25, 0.3) is 4.84 Å². The third kappa shape index (κ3) is 3.06. The molecule has 0 saturated heterocycles. The zero-order valence-corrected chi connectivity index (χ0v) is 14.6. The highest BCUT2D eigenvalue weighted by molar-refractivity contribution is 7.71. The zero-order valence-electron chi connectivity index (χ0n) is 13.7. The minimum absolute atomic E-state index is 0.253. The number of nitrogens with zero attached hydrogens (tertiary/aromatic N) is 3. The van der Waals surface area contributed by atoms with Crippen LogP contribution in [0.4, 0.5) is 0 Å². The minimum Gasteiger partial charge on any atom is -0.454 e. The van der Waals surface area contributed by atoms with Crippen LogP contribution in [0.3, 0.4) is 0 Å². The van der Waals surface area contributed by atoms with Crippen LogP contribution in [-0.4, -0.2) is 34.6 Å². The number of hydrogen-bond donors (Lipinski definition) is 0. The Labute approximate surface area is 146 Å². The average Bonchev–Trinajstić information content (AvgIpc) is 3.22. The maximum absolute atomic E-state index is 5.69. The Kier molecular flexibility index (Phi) is 4.28. The van der Waals surface area contributed by atoms with Gasteiger partial charge in [-0.25, -0.2) is 4.68 Å². The van der Waals surface area contributed by atoms with E-state index in [9.17, 15) is 0 Å². The SMILES string of the molecule is CN(Cn1nc(-c2ccc3c(c2)OCO3)oc1=S)C1CCCCC1. The van der Waals surface area contributed by atoms with Crippen LogP contribution in [-0.2, 0) is 6.67 Å². The second kappa shape index (κ2) is 6.57. The fourth-order valence-corrected chi connectivity index (χ4v) is 3.57. The molecule has 2 heterocycles. The van der Waals surface area contributed by atoms with Crippen molar-refractivity contribution in [1.82, 2.24) is 14.7 Å². The van der Waals surface area contributed by atoms with Crippen LogP contribution in [0.1, 0.15) is 32.1 Å². The topological polar surface area (TPSA) is 52.7 Å². The zero-order chi connectivity index (χ0) is 16.5. The summed E-state index contributed by atoms with van der Waals surface area (Å²) >= 11 is 5.34. The first-order valence-corrected chi connectivity index (χ1v) is 8.80. The number of aromatic nitrogens is 2. The molecular weight excluding hydrogens is 326 g/mol. The van der Waals surface area contributed by atoms with Crippen LogP contribution in [0.15, 0.2) is 22.6 Å². The van der Waals surface area contributed by atoms with Crippen molar-refractivity contribution in [3.8, 4) is 23.0 Å². The van der Waals surface area contributed by atoms with Crippen molar-refractivity contribution in [2.24, 2.45) is 0 Å². The molecule has 1 aromatic carbocycles. The molecule has 128 valence electrons. The van der Waals surface area contributed by atoms with E-state index in [0.717, 1.165) is 11.3 Å². The highest BCUT2D eigenvalue weighted by Gasteiger charge is 2.20. The number of fused-ring (bicyclic) bond motifs is 1. The van der Waals surface area contributed by atoms with Crippen molar-refractivity contribution in [2.45, 2.75) is 44.8 Å². The van der Waals surface area contributed by atoms with Crippen LogP contribution in [0.5, 0.6) is 11.5 Å². The molecule has 0 N–H and O–H groups in total. The monoisotopic (exact) mass is 347 g/mol. The van der Waals surface area contributed by atoms with Crippen molar-refractivity contribution in [2.75, 3.05) is 13.8 Å². The Morgan fingerprint density at radius 2 is 2.00 bits per heavy atom. The molecule has 0 amide bonds. The molecule has 1 aliphatic heterocycles. The van der Waals surface area contributed by atoms with Crippen LogP contribution in [0.25, 0.3) is 11.5 Å². The molecule has 1 aromatic heterocycles. The van der Waals surface area contributed by atoms with Crippen LogP contribution in [0.2, 0.25) is 0 Å². The lowest BCUT2D eigenvalue weighted by atomic mass is 9.95. The highest BCUT2D eigenvalue weighted by atomic mass is 32.1. The summed E-state index contributed by atoms with van der Waals surface area (Å²) in [6.45, 7) is 0.903. The first-order chi connectivity index (χ1) is 11.7. The quantitative estimate of drug-likeness (QED) is 0.784. The van der Waals surface area contributed by atoms with Gasteiger partial charge in [0, 0.05) is 11.6 Å². The van der Waals surface area contributed by atoms with Gasteiger partial charge in [0.05, 0.1) is 6.67 Å². The van der Waals surface area contributed by atoms with Gasteiger partial charge in [-0.15, -0.1) is 5.10 Å². The van der Waals surface area contributed by atoms with Crippen LogP contribution >= 0.6 is 12.2 Å². The summed E-state index contributed by atoms with van der Waals surface area (Å²) in [7, 11) is 2.13. The molecule has 1 aliphatic carbocycles. The van der Waals surface area contributed by atoms with E-state index in [1.165, 1.54) is 32.1 Å². The molecule has 0 spiro atoms. The minimum atomic E-state index is 0.253. The molecule has 7 heteroatoms. The second-order valence-electron chi connectivity index (χ2n) is 6.43. The van der Waals surface area contributed by atoms with Gasteiger partial charge < -0.3 is 13.9 Å². The summed E-state index contributed by atoms with van der Waals surface area (Å²) in [5.74, 6) is 1.96. The lowest BCUT2D eigenvalue weighted by Gasteiger charge is -2.30. The predicted molar refractivity (Wildman–Crippen MR) is 91.5 cm³/mol. The van der Waals surface area contributed by atoms with Crippen LogP contribution < -0.4 is 9.47 Å². The van der Waals surface area contributed by atoms with Gasteiger partial charge in [-0.2, -0.15) is 0 Å². The number of hydrogen-bond acceptors (Lipinski definition) is 6. The molecule has 6 nitrogen and oxygen atoms in total. The Morgan fingerprint density at radius 1 is 1.21 bits per heavy atom. The molecule has 24 heavy (non-hydrogen) atoms. The Hall–Kier alpha value is -1.86. The molecule has 2 aromatic rings. The summed E-state index contributed by atoms with van der Waals surface area (Å²) in [4.78, 5) is 2.71. The number of ether oxygens (including phenoxy) is 2. The second-order valence-corrected chi connectivity index (χ2v) is 6.78. The normalized spacial score (nSPS) is 17.6. The molecule has 0 atom stereocenters. The first kappa shape index (κ1) is 15.7. The molecule has 2 aliphatic rings. The third-order valence-electron chi connectivity index (χ3n) is 4.78. The van der Waals surface area contributed by atoms with Gasteiger partial charge in [0.2, 0.25) is 12.7 Å². The van der Waals surface area contributed by atoms with E-state index in [1.807, 2.05) is 18.2 Å². The van der Waals surface area contributed by atoms with Gasteiger partial charge in [-0.05, 0) is 50.3 Å². The van der Waals surface area contributed by atoms with E-state index in [2.05, 4.69) is 17.0 Å². The van der Waals surface area contributed by atoms with E-state index >= 15 is 0 Å². The maximum Gasteiger partial charge on any atom is 0.288 e. The van der Waals surface area contributed by atoms with Crippen molar-refractivity contribution < 1.29 is 13.9 Å². The predicted octanol–water partition coefficient (Wildman–Crippen LogP) is 3.82. The molecule has 1 fully saturated rings. The largest absolute Gasteiger partial charge is 0.454 e. The first-order valence-electron chi connectivity index (χ1n) is 8.39. The Bertz CT molecular complexity index is 780. The van der Waals surface area contributed by atoms with Crippen molar-refractivity contribution >= 4 is 12.2 Å². The lowest BCUT2D eigenvalue weighted by Crippen LogP contribution is -2.35. The molecule has 0 unspecified atom stereocenters. The summed E-state index contributed by atoms with van der Waals surface area (Å²) < 4.78 is 18.2.